The van der Waals surface area contributed by atoms with E-state index >= 15 is 0 Å². The maximum absolute atomic E-state index is 13.1. The first-order valence-electron chi connectivity index (χ1n) is 8.31. The third-order valence-electron chi connectivity index (χ3n) is 4.44. The van der Waals surface area contributed by atoms with Gasteiger partial charge in [0.15, 0.2) is 0 Å². The summed E-state index contributed by atoms with van der Waals surface area (Å²) in [7, 11) is 0. The van der Waals surface area contributed by atoms with E-state index in [-0.39, 0.29) is 24.1 Å². The lowest BCUT2D eigenvalue weighted by molar-refractivity contribution is -0.129. The van der Waals surface area contributed by atoms with Gasteiger partial charge < -0.3 is 15.1 Å². The number of hydrogen-bond donors (Lipinski definition) is 1. The van der Waals surface area contributed by atoms with Crippen molar-refractivity contribution in [1.82, 2.24) is 4.90 Å². The van der Waals surface area contributed by atoms with Crippen LogP contribution in [0.5, 0.6) is 0 Å². The predicted octanol–water partition coefficient (Wildman–Crippen LogP) is 3.03. The molecule has 0 radical (unpaired) electrons. The van der Waals surface area contributed by atoms with E-state index < -0.39 is 0 Å². The van der Waals surface area contributed by atoms with Crippen LogP contribution in [0.1, 0.15) is 5.56 Å². The molecule has 0 bridgehead atoms. The lowest BCUT2D eigenvalue weighted by atomic mass is 10.2. The number of rotatable bonds is 4. The maximum atomic E-state index is 13.1. The van der Waals surface area contributed by atoms with E-state index in [0.29, 0.717) is 26.2 Å². The summed E-state index contributed by atoms with van der Waals surface area (Å²) in [5.74, 6) is -0.520. The highest BCUT2D eigenvalue weighted by molar-refractivity contribution is 5.81. The van der Waals surface area contributed by atoms with E-state index in [1.807, 2.05) is 4.90 Å². The Bertz CT molecular complexity index is 741. The van der Waals surface area contributed by atoms with Gasteiger partial charge in [-0.15, -0.1) is 0 Å². The first-order valence-corrected chi connectivity index (χ1v) is 8.31. The van der Waals surface area contributed by atoms with Gasteiger partial charge in [0.2, 0.25) is 5.91 Å². The molecule has 2 aromatic rings. The molecule has 1 aliphatic heterocycles. The van der Waals surface area contributed by atoms with Gasteiger partial charge in [0.1, 0.15) is 11.6 Å². The van der Waals surface area contributed by atoms with Crippen molar-refractivity contribution in [2.75, 3.05) is 42.9 Å². The molecule has 132 valence electrons. The molecule has 4 nitrogen and oxygen atoms in total. The van der Waals surface area contributed by atoms with Gasteiger partial charge in [0.25, 0.3) is 0 Å². The molecular weight excluding hydrogens is 324 g/mol. The Labute approximate surface area is 146 Å². The fraction of sp³-hybridized carbons (Fsp3) is 0.316. The SMILES string of the molecule is Cc1cc(F)ccc1NCC(=O)N1CCN(c2ccc(F)cc2)CC1. The van der Waals surface area contributed by atoms with Gasteiger partial charge >= 0.3 is 0 Å². The predicted molar refractivity (Wildman–Crippen MR) is 94.8 cm³/mol. The number of hydrogen-bond acceptors (Lipinski definition) is 3. The monoisotopic (exact) mass is 345 g/mol. The quantitative estimate of drug-likeness (QED) is 0.925. The lowest BCUT2D eigenvalue weighted by Gasteiger charge is -2.36. The fourth-order valence-corrected chi connectivity index (χ4v) is 2.97. The Kier molecular flexibility index (Phi) is 5.16. The second-order valence-electron chi connectivity index (χ2n) is 6.16. The van der Waals surface area contributed by atoms with Gasteiger partial charge in [-0.25, -0.2) is 8.78 Å². The van der Waals surface area contributed by atoms with Crippen molar-refractivity contribution in [1.29, 1.82) is 0 Å². The van der Waals surface area contributed by atoms with Crippen LogP contribution < -0.4 is 10.2 Å². The molecule has 0 aromatic heterocycles. The zero-order valence-electron chi connectivity index (χ0n) is 14.1. The number of nitrogens with one attached hydrogen (secondary N) is 1. The van der Waals surface area contributed by atoms with Crippen molar-refractivity contribution in [3.63, 3.8) is 0 Å². The molecule has 1 fully saturated rings. The average molecular weight is 345 g/mol. The topological polar surface area (TPSA) is 35.6 Å². The minimum absolute atomic E-state index is 0.0162. The molecule has 25 heavy (non-hydrogen) atoms. The minimum atomic E-state index is -0.286. The van der Waals surface area contributed by atoms with E-state index in [1.54, 1.807) is 25.1 Å². The average Bonchev–Trinajstić information content (AvgIpc) is 2.61. The third-order valence-corrected chi connectivity index (χ3v) is 4.44. The molecule has 0 spiro atoms. The Morgan fingerprint density at radius 2 is 1.64 bits per heavy atom. The highest BCUT2D eigenvalue weighted by atomic mass is 19.1. The standard InChI is InChI=1S/C19H21F2N3O/c1-14-12-16(21)4-7-18(14)22-13-19(25)24-10-8-23(9-11-24)17-5-2-15(20)3-6-17/h2-7,12,22H,8-11,13H2,1H3. The fourth-order valence-electron chi connectivity index (χ4n) is 2.97. The molecule has 1 aliphatic rings. The van der Waals surface area contributed by atoms with Gasteiger partial charge in [0.05, 0.1) is 6.54 Å². The van der Waals surface area contributed by atoms with Crippen LogP contribution in [0, 0.1) is 18.6 Å². The Hall–Kier alpha value is -2.63. The van der Waals surface area contributed by atoms with E-state index in [0.717, 1.165) is 16.9 Å². The van der Waals surface area contributed by atoms with Crippen LogP contribution in [0.15, 0.2) is 42.5 Å². The number of anilines is 2. The summed E-state index contributed by atoms with van der Waals surface area (Å²) >= 11 is 0. The number of aryl methyl sites for hydroxylation is 1. The van der Waals surface area contributed by atoms with Crippen LogP contribution in [0.3, 0.4) is 0 Å². The Morgan fingerprint density at radius 3 is 2.28 bits per heavy atom. The van der Waals surface area contributed by atoms with E-state index in [2.05, 4.69) is 10.2 Å². The van der Waals surface area contributed by atoms with E-state index in [9.17, 15) is 13.6 Å². The number of carbonyl (C=O) groups is 1. The van der Waals surface area contributed by atoms with Gasteiger partial charge in [-0.05, 0) is 55.0 Å². The first kappa shape index (κ1) is 17.2. The van der Waals surface area contributed by atoms with Crippen LogP contribution in [-0.4, -0.2) is 43.5 Å². The molecule has 0 unspecified atom stereocenters. The molecule has 1 amide bonds. The van der Waals surface area contributed by atoms with Gasteiger partial charge in [-0.1, -0.05) is 0 Å². The zero-order chi connectivity index (χ0) is 17.8. The highest BCUT2D eigenvalue weighted by Gasteiger charge is 2.21. The smallest absolute Gasteiger partial charge is 0.241 e. The van der Waals surface area contributed by atoms with Crippen molar-refractivity contribution in [3.8, 4) is 0 Å². The van der Waals surface area contributed by atoms with Gasteiger partial charge in [0, 0.05) is 37.6 Å². The molecule has 0 saturated carbocycles. The minimum Gasteiger partial charge on any atom is -0.376 e. The normalized spacial score (nSPS) is 14.5. The van der Waals surface area contributed by atoms with Crippen molar-refractivity contribution < 1.29 is 13.6 Å². The number of halogens is 2. The Morgan fingerprint density at radius 1 is 1.00 bits per heavy atom. The van der Waals surface area contributed by atoms with Crippen LogP contribution in [0.2, 0.25) is 0 Å². The van der Waals surface area contributed by atoms with E-state index in [1.165, 1.54) is 24.3 Å². The maximum Gasteiger partial charge on any atom is 0.241 e. The highest BCUT2D eigenvalue weighted by Crippen LogP contribution is 2.18. The second-order valence-corrected chi connectivity index (χ2v) is 6.16. The van der Waals surface area contributed by atoms with Gasteiger partial charge in [-0.2, -0.15) is 0 Å². The van der Waals surface area contributed by atoms with Crippen LogP contribution in [-0.2, 0) is 4.79 Å². The lowest BCUT2D eigenvalue weighted by Crippen LogP contribution is -2.50. The summed E-state index contributed by atoms with van der Waals surface area (Å²) in [6.07, 6.45) is 0. The first-order chi connectivity index (χ1) is 12.0. The molecule has 2 aromatic carbocycles. The molecular formula is C19H21F2N3O. The summed E-state index contributed by atoms with van der Waals surface area (Å²) < 4.78 is 26.1. The number of nitrogens with zero attached hydrogens (tertiary/aromatic N) is 2. The molecule has 1 heterocycles. The summed E-state index contributed by atoms with van der Waals surface area (Å²) in [6.45, 7) is 4.67. The third kappa shape index (κ3) is 4.26. The van der Waals surface area contributed by atoms with Crippen LogP contribution in [0.4, 0.5) is 20.2 Å². The second kappa shape index (κ2) is 7.51. The molecule has 0 atom stereocenters. The van der Waals surface area contributed by atoms with Crippen molar-refractivity contribution in [3.05, 3.63) is 59.7 Å². The number of piperazine rings is 1. The summed E-state index contributed by atoms with van der Waals surface area (Å²) in [6, 6.07) is 10.9. The summed E-state index contributed by atoms with van der Waals surface area (Å²) in [4.78, 5) is 16.3. The van der Waals surface area contributed by atoms with Crippen LogP contribution in [0.25, 0.3) is 0 Å². The molecule has 1 saturated heterocycles. The summed E-state index contributed by atoms with van der Waals surface area (Å²) in [5, 5.41) is 3.07. The zero-order valence-corrected chi connectivity index (χ0v) is 14.1. The van der Waals surface area contributed by atoms with Crippen molar-refractivity contribution in [2.45, 2.75) is 6.92 Å². The molecule has 3 rings (SSSR count). The molecule has 1 N–H and O–H groups in total. The van der Waals surface area contributed by atoms with Crippen LogP contribution >= 0.6 is 0 Å². The Balaban J connectivity index is 1.50. The molecule has 0 aliphatic carbocycles. The van der Waals surface area contributed by atoms with E-state index in [4.69, 9.17) is 0 Å². The molecule has 6 heteroatoms. The van der Waals surface area contributed by atoms with Crippen molar-refractivity contribution >= 4 is 17.3 Å². The largest absolute Gasteiger partial charge is 0.376 e. The van der Waals surface area contributed by atoms with Gasteiger partial charge in [-0.3, -0.25) is 4.79 Å². The number of benzene rings is 2. The number of amides is 1. The summed E-state index contributed by atoms with van der Waals surface area (Å²) in [5.41, 5.74) is 2.50. The number of carbonyl (C=O) groups excluding carboxylic acids is 1. The van der Waals surface area contributed by atoms with Crippen molar-refractivity contribution in [2.24, 2.45) is 0 Å².